The molecule has 0 spiro atoms. The Morgan fingerprint density at radius 3 is 2.44 bits per heavy atom. The number of nitrogens with one attached hydrogen (secondary N) is 2. The van der Waals surface area contributed by atoms with Gasteiger partial charge in [0.15, 0.2) is 0 Å². The second-order valence-corrected chi connectivity index (χ2v) is 6.75. The molecule has 0 radical (unpaired) electrons. The van der Waals surface area contributed by atoms with E-state index in [4.69, 9.17) is 4.74 Å². The van der Waals surface area contributed by atoms with Crippen molar-refractivity contribution in [3.05, 3.63) is 47.3 Å². The monoisotopic (exact) mass is 368 g/mol. The first-order chi connectivity index (χ1) is 13.0. The van der Waals surface area contributed by atoms with Gasteiger partial charge in [-0.05, 0) is 32.3 Å². The zero-order valence-electron chi connectivity index (χ0n) is 15.6. The molecule has 27 heavy (non-hydrogen) atoms. The van der Waals surface area contributed by atoms with Crippen molar-refractivity contribution < 1.29 is 19.1 Å². The van der Waals surface area contributed by atoms with Gasteiger partial charge in [-0.15, -0.1) is 0 Å². The fraction of sp³-hybridized carbons (Fsp3) is 0.381. The number of carbonyl (C=O) groups excluding carboxylic acids is 3. The number of benzene rings is 1. The molecule has 2 N–H and O–H groups in total. The highest BCUT2D eigenvalue weighted by Gasteiger charge is 2.30. The van der Waals surface area contributed by atoms with Gasteiger partial charge in [0.1, 0.15) is 5.69 Å². The molecule has 6 heteroatoms. The number of hydrogen-bond donors (Lipinski definition) is 2. The van der Waals surface area contributed by atoms with Crippen molar-refractivity contribution in [1.29, 1.82) is 0 Å². The van der Waals surface area contributed by atoms with Crippen molar-refractivity contribution in [2.75, 3.05) is 6.61 Å². The summed E-state index contributed by atoms with van der Waals surface area (Å²) in [5.41, 5.74) is 2.02. The SMILES string of the molecule is CCOC(=O)c1c(C)[nH]c(C(=O)C(=O)NC2CCCC2)c1-c1ccccc1. The van der Waals surface area contributed by atoms with Crippen LogP contribution in [-0.4, -0.2) is 35.3 Å². The molecule has 1 amide bonds. The molecule has 0 unspecified atom stereocenters. The molecule has 1 fully saturated rings. The van der Waals surface area contributed by atoms with Crippen LogP contribution in [0.25, 0.3) is 11.1 Å². The van der Waals surface area contributed by atoms with Gasteiger partial charge in [-0.2, -0.15) is 0 Å². The van der Waals surface area contributed by atoms with E-state index >= 15 is 0 Å². The Morgan fingerprint density at radius 2 is 1.81 bits per heavy atom. The Hall–Kier alpha value is -2.89. The van der Waals surface area contributed by atoms with Crippen molar-refractivity contribution >= 4 is 17.7 Å². The number of hydrogen-bond acceptors (Lipinski definition) is 4. The highest BCUT2D eigenvalue weighted by atomic mass is 16.5. The lowest BCUT2D eigenvalue weighted by Crippen LogP contribution is -2.38. The van der Waals surface area contributed by atoms with Gasteiger partial charge in [0.25, 0.3) is 11.7 Å². The molecule has 1 aromatic carbocycles. The molecule has 0 saturated heterocycles. The number of rotatable bonds is 6. The van der Waals surface area contributed by atoms with E-state index in [1.54, 1.807) is 26.0 Å². The molecule has 142 valence electrons. The maximum Gasteiger partial charge on any atom is 0.340 e. The van der Waals surface area contributed by atoms with E-state index in [2.05, 4.69) is 10.3 Å². The zero-order valence-corrected chi connectivity index (χ0v) is 15.6. The van der Waals surface area contributed by atoms with Crippen molar-refractivity contribution in [1.82, 2.24) is 10.3 Å². The smallest absolute Gasteiger partial charge is 0.340 e. The minimum atomic E-state index is -0.667. The van der Waals surface area contributed by atoms with Crippen molar-refractivity contribution in [3.63, 3.8) is 0 Å². The van der Waals surface area contributed by atoms with E-state index in [0.717, 1.165) is 25.7 Å². The Kier molecular flexibility index (Phi) is 5.74. The van der Waals surface area contributed by atoms with Crippen molar-refractivity contribution in [2.24, 2.45) is 0 Å². The van der Waals surface area contributed by atoms with Crippen molar-refractivity contribution in [3.8, 4) is 11.1 Å². The number of aromatic nitrogens is 1. The van der Waals surface area contributed by atoms with Gasteiger partial charge in [0.2, 0.25) is 0 Å². The molecule has 6 nitrogen and oxygen atoms in total. The third kappa shape index (κ3) is 3.94. The topological polar surface area (TPSA) is 88.3 Å². The van der Waals surface area contributed by atoms with Gasteiger partial charge in [0.05, 0.1) is 12.2 Å². The van der Waals surface area contributed by atoms with Crippen LogP contribution in [0.15, 0.2) is 30.3 Å². The number of aromatic amines is 1. The summed E-state index contributed by atoms with van der Waals surface area (Å²) in [6.45, 7) is 3.65. The number of H-pyrrole nitrogens is 1. The third-order valence-electron chi connectivity index (χ3n) is 4.85. The third-order valence-corrected chi connectivity index (χ3v) is 4.85. The van der Waals surface area contributed by atoms with Crippen molar-refractivity contribution in [2.45, 2.75) is 45.6 Å². The van der Waals surface area contributed by atoms with Gasteiger partial charge in [0, 0.05) is 17.3 Å². The van der Waals surface area contributed by atoms with Gasteiger partial charge in [-0.25, -0.2) is 4.79 Å². The molecule has 3 rings (SSSR count). The minimum absolute atomic E-state index is 0.0437. The number of amides is 1. The molecule has 0 aliphatic heterocycles. The van der Waals surface area contributed by atoms with Crippen LogP contribution in [0.3, 0.4) is 0 Å². The maximum atomic E-state index is 12.9. The van der Waals surface area contributed by atoms with Crippen LogP contribution in [0.4, 0.5) is 0 Å². The summed E-state index contributed by atoms with van der Waals surface area (Å²) in [6, 6.07) is 9.14. The number of Topliss-reactive ketones (excluding diaryl/α,β-unsaturated/α-hetero) is 1. The van der Waals surface area contributed by atoms with Crippen LogP contribution >= 0.6 is 0 Å². The van der Waals surface area contributed by atoms with Crippen LogP contribution in [0.1, 0.15) is 59.1 Å². The normalized spacial score (nSPS) is 14.1. The number of esters is 1. The molecular formula is C21H24N2O4. The summed E-state index contributed by atoms with van der Waals surface area (Å²) in [7, 11) is 0. The Morgan fingerprint density at radius 1 is 1.15 bits per heavy atom. The van der Waals surface area contributed by atoms with E-state index < -0.39 is 17.7 Å². The van der Waals surface area contributed by atoms with E-state index in [0.29, 0.717) is 22.4 Å². The fourth-order valence-corrected chi connectivity index (χ4v) is 3.58. The Bertz CT molecular complexity index is 849. The first kappa shape index (κ1) is 18.9. The number of ketones is 1. The molecule has 1 aromatic heterocycles. The summed E-state index contributed by atoms with van der Waals surface area (Å²) < 4.78 is 5.16. The van der Waals surface area contributed by atoms with E-state index in [9.17, 15) is 14.4 Å². The highest BCUT2D eigenvalue weighted by Crippen LogP contribution is 2.31. The van der Waals surface area contributed by atoms with Crippen LogP contribution in [0, 0.1) is 6.92 Å². The predicted molar refractivity (Wildman–Crippen MR) is 102 cm³/mol. The van der Waals surface area contributed by atoms with E-state index in [1.165, 1.54) is 0 Å². The molecular weight excluding hydrogens is 344 g/mol. The first-order valence-electron chi connectivity index (χ1n) is 9.33. The van der Waals surface area contributed by atoms with E-state index in [1.807, 2.05) is 18.2 Å². The highest BCUT2D eigenvalue weighted by molar-refractivity contribution is 6.44. The van der Waals surface area contributed by atoms with Crippen LogP contribution < -0.4 is 5.32 Å². The molecule has 1 heterocycles. The molecule has 1 aliphatic carbocycles. The van der Waals surface area contributed by atoms with Gasteiger partial charge < -0.3 is 15.0 Å². The van der Waals surface area contributed by atoms with Crippen LogP contribution in [0.5, 0.6) is 0 Å². The molecule has 2 aromatic rings. The zero-order chi connectivity index (χ0) is 19.4. The lowest BCUT2D eigenvalue weighted by atomic mass is 9.98. The molecule has 0 bridgehead atoms. The van der Waals surface area contributed by atoms with Gasteiger partial charge >= 0.3 is 5.97 Å². The lowest BCUT2D eigenvalue weighted by Gasteiger charge is -2.11. The largest absolute Gasteiger partial charge is 0.462 e. The van der Waals surface area contributed by atoms with E-state index in [-0.39, 0.29) is 18.3 Å². The quantitative estimate of drug-likeness (QED) is 0.465. The Balaban J connectivity index is 2.01. The second kappa shape index (κ2) is 8.20. The fourth-order valence-electron chi connectivity index (χ4n) is 3.58. The van der Waals surface area contributed by atoms with Crippen LogP contribution in [0.2, 0.25) is 0 Å². The summed E-state index contributed by atoms with van der Waals surface area (Å²) in [5.74, 6) is -1.82. The van der Waals surface area contributed by atoms with Gasteiger partial charge in [-0.3, -0.25) is 9.59 Å². The predicted octanol–water partition coefficient (Wildman–Crippen LogP) is 3.41. The summed E-state index contributed by atoms with van der Waals surface area (Å²) in [5, 5.41) is 2.81. The first-order valence-corrected chi connectivity index (χ1v) is 9.33. The summed E-state index contributed by atoms with van der Waals surface area (Å²) >= 11 is 0. The Labute approximate surface area is 158 Å². The molecule has 0 atom stereocenters. The average Bonchev–Trinajstić information content (AvgIpc) is 3.29. The average molecular weight is 368 g/mol. The minimum Gasteiger partial charge on any atom is -0.462 e. The second-order valence-electron chi connectivity index (χ2n) is 6.75. The van der Waals surface area contributed by atoms with Crippen LogP contribution in [-0.2, 0) is 9.53 Å². The lowest BCUT2D eigenvalue weighted by molar-refractivity contribution is -0.117. The summed E-state index contributed by atoms with van der Waals surface area (Å²) in [4.78, 5) is 40.8. The number of carbonyl (C=O) groups is 3. The standard InChI is InChI=1S/C21H24N2O4/c1-3-27-21(26)16-13(2)22-18(17(16)14-9-5-4-6-10-14)19(24)20(25)23-15-11-7-8-12-15/h4-6,9-10,15,22H,3,7-8,11-12H2,1-2H3,(H,23,25). The number of aryl methyl sites for hydroxylation is 1. The number of ether oxygens (including phenoxy) is 1. The summed E-state index contributed by atoms with van der Waals surface area (Å²) in [6.07, 6.45) is 3.90. The van der Waals surface area contributed by atoms with Gasteiger partial charge in [-0.1, -0.05) is 43.2 Å². The maximum absolute atomic E-state index is 12.9. The molecule has 1 saturated carbocycles. The molecule has 1 aliphatic rings.